The Bertz CT molecular complexity index is 1310. The molecule has 1 aliphatic rings. The van der Waals surface area contributed by atoms with Crippen LogP contribution in [0.3, 0.4) is 0 Å². The quantitative estimate of drug-likeness (QED) is 0.480. The summed E-state index contributed by atoms with van der Waals surface area (Å²) in [4.78, 5) is 19.7. The first-order valence-electron chi connectivity index (χ1n) is 11.0. The van der Waals surface area contributed by atoms with E-state index in [9.17, 15) is 4.79 Å². The molecule has 3 aromatic carbocycles. The van der Waals surface area contributed by atoms with Crippen LogP contribution < -0.4 is 19.7 Å². The molecule has 168 valence electrons. The lowest BCUT2D eigenvalue weighted by molar-refractivity contribution is -0.118. The SMILES string of the molecule is COc1ccc(N2CCn3c(nc4ccccc43)C2)cc1NC(=O)COc1ccccc1C. The maximum atomic E-state index is 12.6. The van der Waals surface area contributed by atoms with Crippen molar-refractivity contribution in [2.45, 2.75) is 20.0 Å². The van der Waals surface area contributed by atoms with Gasteiger partial charge in [-0.1, -0.05) is 30.3 Å². The number of anilines is 2. The van der Waals surface area contributed by atoms with Crippen LogP contribution >= 0.6 is 0 Å². The summed E-state index contributed by atoms with van der Waals surface area (Å²) >= 11 is 0. The van der Waals surface area contributed by atoms with E-state index in [2.05, 4.69) is 20.9 Å². The molecule has 0 spiro atoms. The third-order valence-corrected chi connectivity index (χ3v) is 5.93. The molecule has 0 bridgehead atoms. The summed E-state index contributed by atoms with van der Waals surface area (Å²) in [5, 5.41) is 2.93. The Morgan fingerprint density at radius 1 is 1.03 bits per heavy atom. The molecule has 0 radical (unpaired) electrons. The molecular formula is C26H26N4O3. The van der Waals surface area contributed by atoms with Gasteiger partial charge in [-0.15, -0.1) is 0 Å². The molecule has 1 aliphatic heterocycles. The van der Waals surface area contributed by atoms with Gasteiger partial charge in [0.05, 0.1) is 30.4 Å². The topological polar surface area (TPSA) is 68.6 Å². The zero-order chi connectivity index (χ0) is 22.8. The number of para-hydroxylation sites is 3. The first-order valence-corrected chi connectivity index (χ1v) is 11.0. The number of ether oxygens (including phenoxy) is 2. The molecule has 1 N–H and O–H groups in total. The average molecular weight is 443 g/mol. The highest BCUT2D eigenvalue weighted by molar-refractivity contribution is 5.94. The van der Waals surface area contributed by atoms with Crippen LogP contribution in [0.2, 0.25) is 0 Å². The van der Waals surface area contributed by atoms with E-state index >= 15 is 0 Å². The number of amides is 1. The third kappa shape index (κ3) is 4.22. The summed E-state index contributed by atoms with van der Waals surface area (Å²) in [5.41, 5.74) is 4.80. The molecule has 7 nitrogen and oxygen atoms in total. The molecule has 0 aliphatic carbocycles. The molecule has 1 aromatic heterocycles. The van der Waals surface area contributed by atoms with Crippen LogP contribution in [-0.4, -0.2) is 35.7 Å². The van der Waals surface area contributed by atoms with Crippen LogP contribution in [0.4, 0.5) is 11.4 Å². The van der Waals surface area contributed by atoms with Crippen LogP contribution in [0.5, 0.6) is 11.5 Å². The first kappa shape index (κ1) is 20.9. The summed E-state index contributed by atoms with van der Waals surface area (Å²) in [6.45, 7) is 4.28. The number of nitrogens with one attached hydrogen (secondary N) is 1. The highest BCUT2D eigenvalue weighted by Crippen LogP contribution is 2.32. The van der Waals surface area contributed by atoms with Gasteiger partial charge in [-0.05, 0) is 48.9 Å². The van der Waals surface area contributed by atoms with E-state index in [1.165, 1.54) is 5.52 Å². The Morgan fingerprint density at radius 2 is 1.85 bits per heavy atom. The summed E-state index contributed by atoms with van der Waals surface area (Å²) in [7, 11) is 1.59. The zero-order valence-corrected chi connectivity index (χ0v) is 18.7. The second-order valence-electron chi connectivity index (χ2n) is 8.08. The number of carbonyl (C=O) groups excluding carboxylic acids is 1. The predicted octanol–water partition coefficient (Wildman–Crippen LogP) is 4.39. The maximum absolute atomic E-state index is 12.6. The van der Waals surface area contributed by atoms with Crippen LogP contribution in [0, 0.1) is 6.92 Å². The number of benzene rings is 3. The fraction of sp³-hybridized carbons (Fsp3) is 0.231. The Balaban J connectivity index is 1.32. The van der Waals surface area contributed by atoms with Gasteiger partial charge in [0.2, 0.25) is 0 Å². The van der Waals surface area contributed by atoms with E-state index in [0.29, 0.717) is 23.7 Å². The summed E-state index contributed by atoms with van der Waals surface area (Å²) < 4.78 is 13.4. The summed E-state index contributed by atoms with van der Waals surface area (Å²) in [5.74, 6) is 2.10. The minimum Gasteiger partial charge on any atom is -0.495 e. The van der Waals surface area contributed by atoms with Crippen molar-refractivity contribution in [2.75, 3.05) is 30.5 Å². The normalized spacial score (nSPS) is 13.0. The molecule has 1 amide bonds. The second kappa shape index (κ2) is 8.86. The molecule has 0 fully saturated rings. The Hall–Kier alpha value is -4.00. The van der Waals surface area contributed by atoms with Crippen molar-refractivity contribution >= 4 is 28.3 Å². The Kier molecular flexibility index (Phi) is 5.60. The van der Waals surface area contributed by atoms with Gasteiger partial charge >= 0.3 is 0 Å². The van der Waals surface area contributed by atoms with Crippen molar-refractivity contribution in [3.05, 3.63) is 78.1 Å². The number of fused-ring (bicyclic) bond motifs is 3. The number of carbonyl (C=O) groups is 1. The summed E-state index contributed by atoms with van der Waals surface area (Å²) in [6.07, 6.45) is 0. The lowest BCUT2D eigenvalue weighted by Crippen LogP contribution is -2.33. The fourth-order valence-electron chi connectivity index (χ4n) is 4.22. The van der Waals surface area contributed by atoms with Crippen LogP contribution in [0.1, 0.15) is 11.4 Å². The molecule has 2 heterocycles. The van der Waals surface area contributed by atoms with Crippen molar-refractivity contribution in [1.29, 1.82) is 0 Å². The Morgan fingerprint density at radius 3 is 2.70 bits per heavy atom. The van der Waals surface area contributed by atoms with Crippen LogP contribution in [0.15, 0.2) is 66.7 Å². The predicted molar refractivity (Wildman–Crippen MR) is 129 cm³/mol. The number of hydrogen-bond donors (Lipinski definition) is 1. The molecular weight excluding hydrogens is 416 g/mol. The number of aryl methyl sites for hydroxylation is 1. The van der Waals surface area contributed by atoms with Crippen molar-refractivity contribution in [1.82, 2.24) is 9.55 Å². The number of hydrogen-bond acceptors (Lipinski definition) is 5. The van der Waals surface area contributed by atoms with Gasteiger partial charge in [0.15, 0.2) is 6.61 Å². The van der Waals surface area contributed by atoms with E-state index in [-0.39, 0.29) is 12.5 Å². The standard InChI is InChI=1S/C26H26N4O3/c1-18-7-3-6-10-23(18)33-17-26(31)28-21-15-19(11-12-24(21)32-2)29-13-14-30-22-9-5-4-8-20(22)27-25(30)16-29/h3-12,15H,13-14,16-17H2,1-2H3,(H,28,31). The van der Waals surface area contributed by atoms with Gasteiger partial charge in [0, 0.05) is 18.8 Å². The van der Waals surface area contributed by atoms with Crippen molar-refractivity contribution in [3.8, 4) is 11.5 Å². The minimum absolute atomic E-state index is 0.0774. The number of methoxy groups -OCH3 is 1. The van der Waals surface area contributed by atoms with E-state index in [1.54, 1.807) is 7.11 Å². The highest BCUT2D eigenvalue weighted by Gasteiger charge is 2.21. The number of rotatable bonds is 6. The number of imidazole rings is 1. The number of nitrogens with zero attached hydrogens (tertiary/aromatic N) is 3. The monoisotopic (exact) mass is 442 g/mol. The van der Waals surface area contributed by atoms with E-state index in [1.807, 2.05) is 67.6 Å². The first-order chi connectivity index (χ1) is 16.1. The molecule has 7 heteroatoms. The molecule has 5 rings (SSSR count). The minimum atomic E-state index is -0.242. The lowest BCUT2D eigenvalue weighted by Gasteiger charge is -2.30. The van der Waals surface area contributed by atoms with Gasteiger partial charge < -0.3 is 24.3 Å². The summed E-state index contributed by atoms with van der Waals surface area (Å²) in [6, 6.07) is 21.7. The van der Waals surface area contributed by atoms with Crippen molar-refractivity contribution in [2.24, 2.45) is 0 Å². The molecule has 0 saturated carbocycles. The molecule has 33 heavy (non-hydrogen) atoms. The maximum Gasteiger partial charge on any atom is 0.262 e. The highest BCUT2D eigenvalue weighted by atomic mass is 16.5. The number of aromatic nitrogens is 2. The van der Waals surface area contributed by atoms with Gasteiger partial charge in [0.1, 0.15) is 17.3 Å². The largest absolute Gasteiger partial charge is 0.495 e. The van der Waals surface area contributed by atoms with Gasteiger partial charge in [-0.3, -0.25) is 4.79 Å². The zero-order valence-electron chi connectivity index (χ0n) is 18.7. The average Bonchev–Trinajstić information content (AvgIpc) is 3.21. The molecule has 0 atom stereocenters. The fourth-order valence-corrected chi connectivity index (χ4v) is 4.22. The third-order valence-electron chi connectivity index (χ3n) is 5.93. The van der Waals surface area contributed by atoms with E-state index in [0.717, 1.165) is 35.7 Å². The Labute approximate surface area is 192 Å². The van der Waals surface area contributed by atoms with Crippen LogP contribution in [0.25, 0.3) is 11.0 Å². The van der Waals surface area contributed by atoms with Crippen molar-refractivity contribution < 1.29 is 14.3 Å². The lowest BCUT2D eigenvalue weighted by atomic mass is 10.2. The van der Waals surface area contributed by atoms with Gasteiger partial charge in [0.25, 0.3) is 5.91 Å². The van der Waals surface area contributed by atoms with E-state index < -0.39 is 0 Å². The van der Waals surface area contributed by atoms with Gasteiger partial charge in [-0.2, -0.15) is 0 Å². The second-order valence-corrected chi connectivity index (χ2v) is 8.08. The smallest absolute Gasteiger partial charge is 0.262 e. The van der Waals surface area contributed by atoms with Crippen molar-refractivity contribution in [3.63, 3.8) is 0 Å². The molecule has 0 saturated heterocycles. The molecule has 0 unspecified atom stereocenters. The van der Waals surface area contributed by atoms with Gasteiger partial charge in [-0.25, -0.2) is 4.98 Å². The molecule has 4 aromatic rings. The van der Waals surface area contributed by atoms with E-state index in [4.69, 9.17) is 14.5 Å². The van der Waals surface area contributed by atoms with Crippen LogP contribution in [-0.2, 0) is 17.9 Å².